The minimum atomic E-state index is -0.352. The lowest BCUT2D eigenvalue weighted by molar-refractivity contribution is 0.0600. The second-order valence-corrected chi connectivity index (χ2v) is 4.36. The molecule has 1 unspecified atom stereocenters. The Kier molecular flexibility index (Phi) is 4.38. The number of nitrogens with two attached hydrogens (primary N) is 1. The van der Waals surface area contributed by atoms with Gasteiger partial charge in [-0.15, -0.1) is 0 Å². The molecule has 0 aromatic heterocycles. The summed E-state index contributed by atoms with van der Waals surface area (Å²) in [5.74, 6) is 0.441. The molecule has 0 radical (unpaired) electrons. The number of carbonyl (C=O) groups excluding carboxylic acids is 1. The molecular formula is C16H17NO3. The standard InChI is InChI=1S/C16H17NO3/c1-19-14-9-7-12(8-10-14)15(17)11-3-5-13(6-4-11)16(18)20-2/h3-10,15H,17H2,1-2H3. The highest BCUT2D eigenvalue weighted by molar-refractivity contribution is 5.89. The summed E-state index contributed by atoms with van der Waals surface area (Å²) in [6.45, 7) is 0. The smallest absolute Gasteiger partial charge is 0.337 e. The Morgan fingerprint density at radius 1 is 0.950 bits per heavy atom. The Morgan fingerprint density at radius 3 is 1.90 bits per heavy atom. The van der Waals surface area contributed by atoms with Crippen LogP contribution < -0.4 is 10.5 Å². The maximum Gasteiger partial charge on any atom is 0.337 e. The summed E-state index contributed by atoms with van der Waals surface area (Å²) >= 11 is 0. The molecule has 2 aromatic rings. The number of carbonyl (C=O) groups is 1. The van der Waals surface area contributed by atoms with Gasteiger partial charge in [-0.2, -0.15) is 0 Å². The normalized spacial score (nSPS) is 11.8. The van der Waals surface area contributed by atoms with Crippen molar-refractivity contribution >= 4 is 5.97 Å². The molecule has 4 heteroatoms. The predicted molar refractivity (Wildman–Crippen MR) is 76.8 cm³/mol. The van der Waals surface area contributed by atoms with E-state index in [0.717, 1.165) is 16.9 Å². The molecule has 104 valence electrons. The molecule has 1 atom stereocenters. The fourth-order valence-corrected chi connectivity index (χ4v) is 1.95. The molecule has 0 fully saturated rings. The summed E-state index contributed by atoms with van der Waals surface area (Å²) in [5.41, 5.74) is 8.64. The van der Waals surface area contributed by atoms with Gasteiger partial charge in [-0.25, -0.2) is 4.79 Å². The van der Waals surface area contributed by atoms with Gasteiger partial charge in [-0.3, -0.25) is 0 Å². The van der Waals surface area contributed by atoms with Crippen LogP contribution in [-0.4, -0.2) is 20.2 Å². The van der Waals surface area contributed by atoms with Gasteiger partial charge in [0.2, 0.25) is 0 Å². The summed E-state index contributed by atoms with van der Waals surface area (Å²) in [4.78, 5) is 11.4. The molecule has 0 saturated heterocycles. The van der Waals surface area contributed by atoms with E-state index < -0.39 is 0 Å². The third-order valence-electron chi connectivity index (χ3n) is 3.17. The highest BCUT2D eigenvalue weighted by Gasteiger charge is 2.11. The molecule has 2 N–H and O–H groups in total. The van der Waals surface area contributed by atoms with E-state index in [4.69, 9.17) is 10.5 Å². The predicted octanol–water partition coefficient (Wildman–Crippen LogP) is 2.53. The second-order valence-electron chi connectivity index (χ2n) is 4.36. The summed E-state index contributed by atoms with van der Waals surface area (Å²) < 4.78 is 9.78. The van der Waals surface area contributed by atoms with Gasteiger partial charge in [0.15, 0.2) is 0 Å². The van der Waals surface area contributed by atoms with E-state index in [-0.39, 0.29) is 12.0 Å². The Balaban J connectivity index is 2.19. The van der Waals surface area contributed by atoms with E-state index in [1.54, 1.807) is 19.2 Å². The molecule has 0 amide bonds. The molecule has 4 nitrogen and oxygen atoms in total. The lowest BCUT2D eigenvalue weighted by Gasteiger charge is -2.13. The van der Waals surface area contributed by atoms with Crippen LogP contribution >= 0.6 is 0 Å². The maximum atomic E-state index is 11.4. The van der Waals surface area contributed by atoms with Crippen molar-refractivity contribution in [2.45, 2.75) is 6.04 Å². The minimum absolute atomic E-state index is 0.243. The van der Waals surface area contributed by atoms with Crippen LogP contribution in [0.2, 0.25) is 0 Å². The fourth-order valence-electron chi connectivity index (χ4n) is 1.95. The average molecular weight is 271 g/mol. The first-order valence-corrected chi connectivity index (χ1v) is 6.23. The third kappa shape index (κ3) is 2.97. The first kappa shape index (κ1) is 14.1. The highest BCUT2D eigenvalue weighted by atomic mass is 16.5. The Bertz CT molecular complexity index is 576. The zero-order chi connectivity index (χ0) is 14.5. The van der Waals surface area contributed by atoms with Crippen molar-refractivity contribution in [2.75, 3.05) is 14.2 Å². The summed E-state index contributed by atoms with van der Waals surface area (Å²) in [6.07, 6.45) is 0. The van der Waals surface area contributed by atoms with Crippen LogP contribution in [0.15, 0.2) is 48.5 Å². The van der Waals surface area contributed by atoms with Crippen molar-refractivity contribution in [3.63, 3.8) is 0 Å². The topological polar surface area (TPSA) is 61.5 Å². The molecule has 0 heterocycles. The minimum Gasteiger partial charge on any atom is -0.497 e. The first-order valence-electron chi connectivity index (χ1n) is 6.23. The second kappa shape index (κ2) is 6.21. The number of hydrogen-bond acceptors (Lipinski definition) is 4. The number of ether oxygens (including phenoxy) is 2. The number of hydrogen-bond donors (Lipinski definition) is 1. The zero-order valence-corrected chi connectivity index (χ0v) is 11.5. The van der Waals surface area contributed by atoms with Gasteiger partial charge in [0.05, 0.1) is 25.8 Å². The quantitative estimate of drug-likeness (QED) is 0.868. The lowest BCUT2D eigenvalue weighted by atomic mass is 9.98. The summed E-state index contributed by atoms with van der Waals surface area (Å²) in [5, 5.41) is 0. The van der Waals surface area contributed by atoms with Crippen molar-refractivity contribution in [1.82, 2.24) is 0 Å². The number of benzene rings is 2. The van der Waals surface area contributed by atoms with Crippen LogP contribution in [0.3, 0.4) is 0 Å². The van der Waals surface area contributed by atoms with Gasteiger partial charge in [-0.1, -0.05) is 24.3 Å². The monoisotopic (exact) mass is 271 g/mol. The first-order chi connectivity index (χ1) is 9.65. The average Bonchev–Trinajstić information content (AvgIpc) is 2.53. The number of methoxy groups -OCH3 is 2. The number of esters is 1. The Morgan fingerprint density at radius 2 is 1.45 bits per heavy atom. The van der Waals surface area contributed by atoms with E-state index in [2.05, 4.69) is 4.74 Å². The third-order valence-corrected chi connectivity index (χ3v) is 3.17. The van der Waals surface area contributed by atoms with E-state index in [0.29, 0.717) is 5.56 Å². The molecule has 0 aliphatic heterocycles. The molecule has 0 spiro atoms. The Labute approximate surface area is 118 Å². The summed E-state index contributed by atoms with van der Waals surface area (Å²) in [6, 6.07) is 14.5. The maximum absolute atomic E-state index is 11.4. The van der Waals surface area contributed by atoms with Crippen LogP contribution in [-0.2, 0) is 4.74 Å². The Hall–Kier alpha value is -2.33. The van der Waals surface area contributed by atoms with Gasteiger partial charge in [-0.05, 0) is 35.4 Å². The molecule has 2 rings (SSSR count). The van der Waals surface area contributed by atoms with E-state index in [9.17, 15) is 4.79 Å². The van der Waals surface area contributed by atoms with E-state index in [1.165, 1.54) is 7.11 Å². The summed E-state index contributed by atoms with van der Waals surface area (Å²) in [7, 11) is 2.99. The molecule has 20 heavy (non-hydrogen) atoms. The zero-order valence-electron chi connectivity index (χ0n) is 11.5. The van der Waals surface area contributed by atoms with Crippen molar-refractivity contribution in [2.24, 2.45) is 5.73 Å². The van der Waals surface area contributed by atoms with Crippen molar-refractivity contribution in [1.29, 1.82) is 0 Å². The molecule has 2 aromatic carbocycles. The van der Waals surface area contributed by atoms with Crippen molar-refractivity contribution < 1.29 is 14.3 Å². The highest BCUT2D eigenvalue weighted by Crippen LogP contribution is 2.22. The van der Waals surface area contributed by atoms with Gasteiger partial charge < -0.3 is 15.2 Å². The van der Waals surface area contributed by atoms with Crippen LogP contribution in [0.5, 0.6) is 5.75 Å². The largest absolute Gasteiger partial charge is 0.497 e. The number of rotatable bonds is 4. The van der Waals surface area contributed by atoms with Crippen LogP contribution in [0, 0.1) is 0 Å². The lowest BCUT2D eigenvalue weighted by Crippen LogP contribution is -2.12. The SMILES string of the molecule is COC(=O)c1ccc(C(N)c2ccc(OC)cc2)cc1. The molecule has 0 saturated carbocycles. The molecule has 0 aliphatic rings. The van der Waals surface area contributed by atoms with Crippen LogP contribution in [0.4, 0.5) is 0 Å². The molecule has 0 bridgehead atoms. The fraction of sp³-hybridized carbons (Fsp3) is 0.188. The van der Waals surface area contributed by atoms with E-state index in [1.807, 2.05) is 36.4 Å². The van der Waals surface area contributed by atoms with Crippen LogP contribution in [0.1, 0.15) is 27.5 Å². The van der Waals surface area contributed by atoms with Gasteiger partial charge in [0.25, 0.3) is 0 Å². The van der Waals surface area contributed by atoms with Gasteiger partial charge in [0, 0.05) is 0 Å². The van der Waals surface area contributed by atoms with Crippen molar-refractivity contribution in [3.05, 3.63) is 65.2 Å². The molecular weight excluding hydrogens is 254 g/mol. The van der Waals surface area contributed by atoms with Gasteiger partial charge in [0.1, 0.15) is 5.75 Å². The van der Waals surface area contributed by atoms with Crippen LogP contribution in [0.25, 0.3) is 0 Å². The molecule has 0 aliphatic carbocycles. The van der Waals surface area contributed by atoms with E-state index >= 15 is 0 Å². The van der Waals surface area contributed by atoms with Gasteiger partial charge >= 0.3 is 5.97 Å². The van der Waals surface area contributed by atoms with Crippen molar-refractivity contribution in [3.8, 4) is 5.75 Å².